The van der Waals surface area contributed by atoms with Gasteiger partial charge in [-0.2, -0.15) is 5.10 Å². The highest BCUT2D eigenvalue weighted by Gasteiger charge is 2.02. The van der Waals surface area contributed by atoms with Gasteiger partial charge in [0.05, 0.1) is 6.21 Å². The number of hydrogen-bond acceptors (Lipinski definition) is 3. The van der Waals surface area contributed by atoms with E-state index in [1.165, 1.54) is 18.4 Å². The number of carbonyl (C=O) groups excluding carboxylic acids is 1. The first-order valence-electron chi connectivity index (χ1n) is 7.97. The summed E-state index contributed by atoms with van der Waals surface area (Å²) in [5.41, 5.74) is 4.63. The number of nitrogens with zero attached hydrogens (tertiary/aromatic N) is 1. The Morgan fingerprint density at radius 3 is 2.67 bits per heavy atom. The van der Waals surface area contributed by atoms with Gasteiger partial charge < -0.3 is 4.74 Å². The Morgan fingerprint density at radius 2 is 1.96 bits per heavy atom. The second-order valence-electron chi connectivity index (χ2n) is 5.35. The maximum Gasteiger partial charge on any atom is 0.277 e. The first-order valence-corrected chi connectivity index (χ1v) is 8.76. The summed E-state index contributed by atoms with van der Waals surface area (Å²) in [6, 6.07) is 15.5. The molecule has 1 amide bonds. The Kier molecular flexibility index (Phi) is 7.49. The van der Waals surface area contributed by atoms with E-state index in [0.717, 1.165) is 16.5 Å². The molecule has 0 aliphatic heterocycles. The predicted octanol–water partition coefficient (Wildman–Crippen LogP) is 4.32. The maximum atomic E-state index is 11.7. The molecule has 0 aliphatic rings. The second-order valence-corrected chi connectivity index (χ2v) is 6.21. The number of unbranched alkanes of at least 4 members (excludes halogenated alkanes) is 1. The molecule has 24 heavy (non-hydrogen) atoms. The van der Waals surface area contributed by atoms with Gasteiger partial charge in [-0.05, 0) is 36.6 Å². The minimum atomic E-state index is -0.298. The molecule has 2 rings (SSSR count). The SMILES string of the molecule is CCCCc1ccc(OCC(=O)NN=Cc2ccccc2Br)cc1. The summed E-state index contributed by atoms with van der Waals surface area (Å²) in [4.78, 5) is 11.7. The Hall–Kier alpha value is -2.14. The van der Waals surface area contributed by atoms with Crippen LogP contribution in [0.2, 0.25) is 0 Å². The van der Waals surface area contributed by atoms with E-state index in [4.69, 9.17) is 4.74 Å². The summed E-state index contributed by atoms with van der Waals surface area (Å²) in [6.45, 7) is 2.11. The molecule has 0 bridgehead atoms. The highest BCUT2D eigenvalue weighted by atomic mass is 79.9. The van der Waals surface area contributed by atoms with Crippen LogP contribution in [0.25, 0.3) is 0 Å². The van der Waals surface area contributed by atoms with Crippen molar-refractivity contribution in [3.8, 4) is 5.75 Å². The minimum Gasteiger partial charge on any atom is -0.484 e. The van der Waals surface area contributed by atoms with Gasteiger partial charge in [-0.3, -0.25) is 4.79 Å². The average molecular weight is 389 g/mol. The minimum absolute atomic E-state index is 0.0679. The van der Waals surface area contributed by atoms with Crippen LogP contribution < -0.4 is 10.2 Å². The molecule has 4 nitrogen and oxygen atoms in total. The van der Waals surface area contributed by atoms with E-state index in [1.54, 1.807) is 6.21 Å². The monoisotopic (exact) mass is 388 g/mol. The molecule has 5 heteroatoms. The first-order chi connectivity index (χ1) is 11.7. The van der Waals surface area contributed by atoms with Crippen molar-refractivity contribution in [3.05, 3.63) is 64.1 Å². The number of halogens is 1. The van der Waals surface area contributed by atoms with Crippen LogP contribution in [0.3, 0.4) is 0 Å². The lowest BCUT2D eigenvalue weighted by atomic mass is 10.1. The largest absolute Gasteiger partial charge is 0.484 e. The smallest absolute Gasteiger partial charge is 0.277 e. The molecule has 0 saturated heterocycles. The molecule has 1 N–H and O–H groups in total. The topological polar surface area (TPSA) is 50.7 Å². The second kappa shape index (κ2) is 9.88. The zero-order valence-corrected chi connectivity index (χ0v) is 15.3. The maximum absolute atomic E-state index is 11.7. The van der Waals surface area contributed by atoms with E-state index in [-0.39, 0.29) is 12.5 Å². The Balaban J connectivity index is 1.76. The molecule has 126 valence electrons. The highest BCUT2D eigenvalue weighted by Crippen LogP contribution is 2.14. The predicted molar refractivity (Wildman–Crippen MR) is 100 cm³/mol. The van der Waals surface area contributed by atoms with Gasteiger partial charge in [-0.25, -0.2) is 5.43 Å². The lowest BCUT2D eigenvalue weighted by Gasteiger charge is -2.06. The Morgan fingerprint density at radius 1 is 1.21 bits per heavy atom. The van der Waals surface area contributed by atoms with Gasteiger partial charge in [0, 0.05) is 10.0 Å². The fourth-order valence-electron chi connectivity index (χ4n) is 2.07. The van der Waals surface area contributed by atoms with Crippen molar-refractivity contribution >= 4 is 28.1 Å². The normalized spacial score (nSPS) is 10.8. The fraction of sp³-hybridized carbons (Fsp3) is 0.263. The molecular weight excluding hydrogens is 368 g/mol. The number of ether oxygens (including phenoxy) is 1. The van der Waals surface area contributed by atoms with Crippen LogP contribution in [-0.4, -0.2) is 18.7 Å². The number of rotatable bonds is 8. The zero-order valence-electron chi connectivity index (χ0n) is 13.7. The van der Waals surface area contributed by atoms with Crippen LogP contribution in [-0.2, 0) is 11.2 Å². The van der Waals surface area contributed by atoms with E-state index in [9.17, 15) is 4.79 Å². The van der Waals surface area contributed by atoms with Crippen molar-refractivity contribution in [1.29, 1.82) is 0 Å². The quantitative estimate of drug-likeness (QED) is 0.540. The zero-order chi connectivity index (χ0) is 17.2. The molecular formula is C19H21BrN2O2. The van der Waals surface area contributed by atoms with E-state index in [0.29, 0.717) is 5.75 Å². The summed E-state index contributed by atoms with van der Waals surface area (Å²) in [7, 11) is 0. The number of nitrogens with one attached hydrogen (secondary N) is 1. The molecule has 0 unspecified atom stereocenters. The highest BCUT2D eigenvalue weighted by molar-refractivity contribution is 9.10. The summed E-state index contributed by atoms with van der Waals surface area (Å²) >= 11 is 3.42. The molecule has 2 aromatic carbocycles. The third-order valence-electron chi connectivity index (χ3n) is 3.41. The summed E-state index contributed by atoms with van der Waals surface area (Å²) < 4.78 is 6.38. The van der Waals surface area contributed by atoms with Gasteiger partial charge in [0.2, 0.25) is 0 Å². The van der Waals surface area contributed by atoms with Crippen LogP contribution in [0, 0.1) is 0 Å². The Bertz CT molecular complexity index is 684. The van der Waals surface area contributed by atoms with Crippen molar-refractivity contribution in [3.63, 3.8) is 0 Å². The van der Waals surface area contributed by atoms with E-state index in [2.05, 4.69) is 33.4 Å². The molecule has 2 aromatic rings. The lowest BCUT2D eigenvalue weighted by Crippen LogP contribution is -2.24. The molecule has 0 atom stereocenters. The molecule has 0 spiro atoms. The van der Waals surface area contributed by atoms with Crippen LogP contribution in [0.4, 0.5) is 0 Å². The summed E-state index contributed by atoms with van der Waals surface area (Å²) in [5, 5.41) is 3.93. The van der Waals surface area contributed by atoms with Gasteiger partial charge in [-0.1, -0.05) is 59.6 Å². The van der Waals surface area contributed by atoms with Crippen LogP contribution in [0.1, 0.15) is 30.9 Å². The van der Waals surface area contributed by atoms with E-state index in [1.807, 2.05) is 48.5 Å². The van der Waals surface area contributed by atoms with Crippen LogP contribution in [0.5, 0.6) is 5.75 Å². The fourth-order valence-corrected chi connectivity index (χ4v) is 2.46. The number of hydrogen-bond donors (Lipinski definition) is 1. The van der Waals surface area contributed by atoms with Crippen molar-refractivity contribution in [1.82, 2.24) is 5.43 Å². The number of amides is 1. The summed E-state index contributed by atoms with van der Waals surface area (Å²) in [6.07, 6.45) is 5.02. The van der Waals surface area contributed by atoms with Crippen molar-refractivity contribution in [2.24, 2.45) is 5.10 Å². The number of hydrazone groups is 1. The van der Waals surface area contributed by atoms with Gasteiger partial charge in [0.15, 0.2) is 6.61 Å². The van der Waals surface area contributed by atoms with Crippen LogP contribution in [0.15, 0.2) is 58.1 Å². The molecule has 0 aromatic heterocycles. The molecule has 0 aliphatic carbocycles. The molecule has 0 radical (unpaired) electrons. The number of aryl methyl sites for hydroxylation is 1. The van der Waals surface area contributed by atoms with Gasteiger partial charge >= 0.3 is 0 Å². The van der Waals surface area contributed by atoms with Gasteiger partial charge in [0.25, 0.3) is 5.91 Å². The Labute approximate surface area is 151 Å². The lowest BCUT2D eigenvalue weighted by molar-refractivity contribution is -0.123. The molecule has 0 heterocycles. The van der Waals surface area contributed by atoms with Crippen molar-refractivity contribution < 1.29 is 9.53 Å². The number of benzene rings is 2. The van der Waals surface area contributed by atoms with E-state index < -0.39 is 0 Å². The van der Waals surface area contributed by atoms with Gasteiger partial charge in [-0.15, -0.1) is 0 Å². The summed E-state index contributed by atoms with van der Waals surface area (Å²) in [5.74, 6) is 0.383. The number of carbonyl (C=O) groups is 1. The van der Waals surface area contributed by atoms with Crippen molar-refractivity contribution in [2.45, 2.75) is 26.2 Å². The first kappa shape index (κ1) is 18.2. The third-order valence-corrected chi connectivity index (χ3v) is 4.13. The van der Waals surface area contributed by atoms with Gasteiger partial charge in [0.1, 0.15) is 5.75 Å². The van der Waals surface area contributed by atoms with Crippen LogP contribution >= 0.6 is 15.9 Å². The standard InChI is InChI=1S/C19H21BrN2O2/c1-2-3-6-15-9-11-17(12-10-15)24-14-19(23)22-21-13-16-7-4-5-8-18(16)20/h4-5,7-13H,2-3,6,14H2,1H3,(H,22,23). The molecule has 0 saturated carbocycles. The molecule has 0 fully saturated rings. The van der Waals surface area contributed by atoms with Crippen molar-refractivity contribution in [2.75, 3.05) is 6.61 Å². The third kappa shape index (κ3) is 6.16. The average Bonchev–Trinajstić information content (AvgIpc) is 2.61. The van der Waals surface area contributed by atoms with E-state index >= 15 is 0 Å².